The van der Waals surface area contributed by atoms with Crippen molar-refractivity contribution in [2.45, 2.75) is 32.6 Å². The first-order valence-electron chi connectivity index (χ1n) is 5.92. The van der Waals surface area contributed by atoms with Gasteiger partial charge >= 0.3 is 0 Å². The summed E-state index contributed by atoms with van der Waals surface area (Å²) in [6.45, 7) is 2.92. The summed E-state index contributed by atoms with van der Waals surface area (Å²) in [6.07, 6.45) is 5.88. The van der Waals surface area contributed by atoms with Gasteiger partial charge in [0, 0.05) is 6.54 Å². The second-order valence-electron chi connectivity index (χ2n) is 4.60. The lowest BCUT2D eigenvalue weighted by Gasteiger charge is -2.41. The molecular formula is C11H18FN5. The van der Waals surface area contributed by atoms with Crippen LogP contribution in [0.3, 0.4) is 0 Å². The van der Waals surface area contributed by atoms with E-state index in [1.807, 2.05) is 0 Å². The van der Waals surface area contributed by atoms with Crippen molar-refractivity contribution in [3.63, 3.8) is 0 Å². The number of hydrogen-bond donors (Lipinski definition) is 3. The Hall–Kier alpha value is -1.43. The number of rotatable bonds is 5. The van der Waals surface area contributed by atoms with Gasteiger partial charge in [0.25, 0.3) is 0 Å². The first kappa shape index (κ1) is 12.0. The summed E-state index contributed by atoms with van der Waals surface area (Å²) in [5.41, 5.74) is 2.62. The summed E-state index contributed by atoms with van der Waals surface area (Å²) in [7, 11) is 0. The van der Waals surface area contributed by atoms with Gasteiger partial charge < -0.3 is 5.32 Å². The third-order valence-electron chi connectivity index (χ3n) is 3.67. The normalized spacial score (nSPS) is 17.4. The molecular weight excluding hydrogens is 221 g/mol. The standard InChI is InChI=1S/C11H18FN5/c1-2-11(4-3-5-11)7-15-9-8(12)6-14-10(16-9)17-13/h6H,2-5,7,13H2,1H3,(H2,14,15,16,17). The van der Waals surface area contributed by atoms with Crippen molar-refractivity contribution >= 4 is 11.8 Å². The second-order valence-corrected chi connectivity index (χ2v) is 4.60. The molecule has 1 fully saturated rings. The fraction of sp³-hybridized carbons (Fsp3) is 0.636. The highest BCUT2D eigenvalue weighted by molar-refractivity contribution is 5.40. The number of nitrogens with two attached hydrogens (primary N) is 1. The van der Waals surface area contributed by atoms with E-state index in [9.17, 15) is 4.39 Å². The van der Waals surface area contributed by atoms with E-state index in [-0.39, 0.29) is 11.8 Å². The Balaban J connectivity index is 2.02. The second kappa shape index (κ2) is 4.83. The first-order chi connectivity index (χ1) is 8.19. The monoisotopic (exact) mass is 239 g/mol. The lowest BCUT2D eigenvalue weighted by molar-refractivity contribution is 0.144. The van der Waals surface area contributed by atoms with Crippen molar-refractivity contribution in [1.29, 1.82) is 0 Å². The Morgan fingerprint density at radius 3 is 2.82 bits per heavy atom. The zero-order valence-corrected chi connectivity index (χ0v) is 9.96. The predicted molar refractivity (Wildman–Crippen MR) is 64.9 cm³/mol. The molecule has 17 heavy (non-hydrogen) atoms. The molecule has 0 aromatic carbocycles. The number of nitrogens with one attached hydrogen (secondary N) is 2. The summed E-state index contributed by atoms with van der Waals surface area (Å²) in [6, 6.07) is 0. The SMILES string of the molecule is CCC1(CNc2nc(NN)ncc2F)CCC1. The molecule has 0 radical (unpaired) electrons. The topological polar surface area (TPSA) is 75.9 Å². The van der Waals surface area contributed by atoms with Crippen LogP contribution >= 0.6 is 0 Å². The molecule has 94 valence electrons. The molecule has 4 N–H and O–H groups in total. The minimum Gasteiger partial charge on any atom is -0.367 e. The molecule has 0 saturated heterocycles. The molecule has 1 aromatic rings. The van der Waals surface area contributed by atoms with Crippen LogP contribution in [0, 0.1) is 11.2 Å². The Labute approximate surface area is 100.0 Å². The molecule has 0 spiro atoms. The fourth-order valence-electron chi connectivity index (χ4n) is 2.16. The van der Waals surface area contributed by atoms with E-state index in [1.165, 1.54) is 19.3 Å². The molecule has 2 rings (SSSR count). The number of nitrogen functional groups attached to an aromatic ring is 1. The number of anilines is 2. The van der Waals surface area contributed by atoms with Crippen LogP contribution in [-0.4, -0.2) is 16.5 Å². The zero-order chi connectivity index (χ0) is 12.3. The molecule has 0 unspecified atom stereocenters. The Kier molecular flexibility index (Phi) is 3.42. The molecule has 6 heteroatoms. The van der Waals surface area contributed by atoms with Crippen molar-refractivity contribution in [3.05, 3.63) is 12.0 Å². The van der Waals surface area contributed by atoms with Gasteiger partial charge in [-0.25, -0.2) is 15.2 Å². The largest absolute Gasteiger partial charge is 0.367 e. The highest BCUT2D eigenvalue weighted by Gasteiger charge is 2.34. The minimum absolute atomic E-state index is 0.215. The maximum Gasteiger partial charge on any atom is 0.239 e. The van der Waals surface area contributed by atoms with Gasteiger partial charge in [-0.05, 0) is 24.7 Å². The van der Waals surface area contributed by atoms with Crippen molar-refractivity contribution < 1.29 is 4.39 Å². The van der Waals surface area contributed by atoms with Crippen LogP contribution in [0.4, 0.5) is 16.2 Å². The quantitative estimate of drug-likeness (QED) is 0.540. The van der Waals surface area contributed by atoms with Gasteiger partial charge in [-0.2, -0.15) is 4.98 Å². The molecule has 1 aromatic heterocycles. The minimum atomic E-state index is -0.449. The Bertz CT molecular complexity index is 386. The van der Waals surface area contributed by atoms with Crippen LogP contribution in [0.15, 0.2) is 6.20 Å². The van der Waals surface area contributed by atoms with Gasteiger partial charge in [0.1, 0.15) is 0 Å². The average molecular weight is 239 g/mol. The predicted octanol–water partition coefficient (Wildman–Crippen LogP) is 1.89. The van der Waals surface area contributed by atoms with E-state index in [1.54, 1.807) is 0 Å². The van der Waals surface area contributed by atoms with Gasteiger partial charge in [0.05, 0.1) is 6.20 Å². The molecule has 1 aliphatic carbocycles. The number of nitrogens with zero attached hydrogens (tertiary/aromatic N) is 2. The molecule has 1 aliphatic rings. The maximum atomic E-state index is 13.5. The first-order valence-corrected chi connectivity index (χ1v) is 5.92. The summed E-state index contributed by atoms with van der Waals surface area (Å²) in [4.78, 5) is 7.65. The molecule has 0 atom stereocenters. The molecule has 1 heterocycles. The van der Waals surface area contributed by atoms with Crippen LogP contribution in [0.1, 0.15) is 32.6 Å². The van der Waals surface area contributed by atoms with Crippen LogP contribution in [0.2, 0.25) is 0 Å². The smallest absolute Gasteiger partial charge is 0.239 e. The number of hydrogen-bond acceptors (Lipinski definition) is 5. The van der Waals surface area contributed by atoms with E-state index in [0.717, 1.165) is 19.2 Å². The number of halogens is 1. The number of hydrazine groups is 1. The molecule has 5 nitrogen and oxygen atoms in total. The third kappa shape index (κ3) is 2.46. The molecule has 0 bridgehead atoms. The Morgan fingerprint density at radius 2 is 2.29 bits per heavy atom. The maximum absolute atomic E-state index is 13.5. The molecule has 0 amide bonds. The third-order valence-corrected chi connectivity index (χ3v) is 3.67. The summed E-state index contributed by atoms with van der Waals surface area (Å²) in [5.74, 6) is 5.17. The summed E-state index contributed by atoms with van der Waals surface area (Å²) in [5, 5.41) is 3.06. The van der Waals surface area contributed by atoms with E-state index >= 15 is 0 Å². The lowest BCUT2D eigenvalue weighted by atomic mass is 9.67. The van der Waals surface area contributed by atoms with Gasteiger partial charge in [-0.1, -0.05) is 13.3 Å². The van der Waals surface area contributed by atoms with Gasteiger partial charge in [-0.3, -0.25) is 5.43 Å². The van der Waals surface area contributed by atoms with Crippen molar-refractivity contribution in [2.75, 3.05) is 17.3 Å². The van der Waals surface area contributed by atoms with Crippen LogP contribution < -0.4 is 16.6 Å². The van der Waals surface area contributed by atoms with E-state index in [4.69, 9.17) is 5.84 Å². The number of aromatic nitrogens is 2. The van der Waals surface area contributed by atoms with E-state index < -0.39 is 5.82 Å². The fourth-order valence-corrected chi connectivity index (χ4v) is 2.16. The van der Waals surface area contributed by atoms with Crippen molar-refractivity contribution in [1.82, 2.24) is 9.97 Å². The van der Waals surface area contributed by atoms with Crippen LogP contribution in [-0.2, 0) is 0 Å². The van der Waals surface area contributed by atoms with Crippen molar-refractivity contribution in [3.8, 4) is 0 Å². The molecule has 0 aliphatic heterocycles. The van der Waals surface area contributed by atoms with E-state index in [2.05, 4.69) is 27.6 Å². The average Bonchev–Trinajstić information content (AvgIpc) is 2.30. The Morgan fingerprint density at radius 1 is 1.53 bits per heavy atom. The van der Waals surface area contributed by atoms with Gasteiger partial charge in [-0.15, -0.1) is 0 Å². The van der Waals surface area contributed by atoms with Crippen molar-refractivity contribution in [2.24, 2.45) is 11.3 Å². The van der Waals surface area contributed by atoms with Gasteiger partial charge in [0.2, 0.25) is 5.95 Å². The lowest BCUT2D eigenvalue weighted by Crippen LogP contribution is -2.36. The molecule has 1 saturated carbocycles. The highest BCUT2D eigenvalue weighted by Crippen LogP contribution is 2.43. The van der Waals surface area contributed by atoms with Crippen LogP contribution in [0.5, 0.6) is 0 Å². The highest BCUT2D eigenvalue weighted by atomic mass is 19.1. The summed E-state index contributed by atoms with van der Waals surface area (Å²) < 4.78 is 13.5. The van der Waals surface area contributed by atoms with Crippen LogP contribution in [0.25, 0.3) is 0 Å². The summed E-state index contributed by atoms with van der Waals surface area (Å²) >= 11 is 0. The zero-order valence-electron chi connectivity index (χ0n) is 9.96. The van der Waals surface area contributed by atoms with E-state index in [0.29, 0.717) is 5.41 Å². The van der Waals surface area contributed by atoms with Gasteiger partial charge in [0.15, 0.2) is 11.6 Å².